The minimum absolute atomic E-state index is 0.108. The number of nitrogens with one attached hydrogen (secondary N) is 1. The van der Waals surface area contributed by atoms with Crippen LogP contribution in [0.4, 0.5) is 5.82 Å². The third kappa shape index (κ3) is 3.90. The molecule has 0 atom stereocenters. The lowest BCUT2D eigenvalue weighted by molar-refractivity contribution is -0.119. The number of anilines is 1. The van der Waals surface area contributed by atoms with Gasteiger partial charge in [-0.1, -0.05) is 18.5 Å². The van der Waals surface area contributed by atoms with Crippen molar-refractivity contribution in [3.05, 3.63) is 22.8 Å². The van der Waals surface area contributed by atoms with E-state index in [-0.39, 0.29) is 17.6 Å². The van der Waals surface area contributed by atoms with E-state index in [9.17, 15) is 4.79 Å². The predicted molar refractivity (Wildman–Crippen MR) is 70.5 cm³/mol. The van der Waals surface area contributed by atoms with E-state index in [1.165, 1.54) is 6.07 Å². The standard InChI is InChI=1S/C12H15ClN4O/c1-3-4-17(8-12(18)15-2)11-6-9(7-14)5-10(13)16-11/h5-6H,3-4,8H2,1-2H3,(H,15,18). The van der Waals surface area contributed by atoms with Crippen molar-refractivity contribution in [2.75, 3.05) is 25.0 Å². The smallest absolute Gasteiger partial charge is 0.239 e. The highest BCUT2D eigenvalue weighted by Gasteiger charge is 2.12. The highest BCUT2D eigenvalue weighted by molar-refractivity contribution is 6.29. The molecule has 0 radical (unpaired) electrons. The molecule has 6 heteroatoms. The molecule has 0 aliphatic heterocycles. The molecule has 96 valence electrons. The molecule has 0 unspecified atom stereocenters. The number of halogens is 1. The molecular formula is C12H15ClN4O. The Bertz CT molecular complexity index is 470. The van der Waals surface area contributed by atoms with Crippen LogP contribution in [0.25, 0.3) is 0 Å². The molecule has 0 spiro atoms. The van der Waals surface area contributed by atoms with Crippen LogP contribution >= 0.6 is 11.6 Å². The zero-order valence-electron chi connectivity index (χ0n) is 10.4. The van der Waals surface area contributed by atoms with Gasteiger partial charge < -0.3 is 10.2 Å². The van der Waals surface area contributed by atoms with Gasteiger partial charge in [0, 0.05) is 13.6 Å². The van der Waals surface area contributed by atoms with Crippen LogP contribution in [0, 0.1) is 11.3 Å². The summed E-state index contributed by atoms with van der Waals surface area (Å²) in [6.45, 7) is 2.88. The van der Waals surface area contributed by atoms with Gasteiger partial charge in [-0.05, 0) is 18.6 Å². The third-order valence-corrected chi connectivity index (χ3v) is 2.53. The molecule has 5 nitrogen and oxygen atoms in total. The molecule has 1 N–H and O–H groups in total. The molecule has 0 aliphatic rings. The highest BCUT2D eigenvalue weighted by Crippen LogP contribution is 2.18. The van der Waals surface area contributed by atoms with Crippen LogP contribution in [0.2, 0.25) is 5.15 Å². The first-order valence-corrected chi connectivity index (χ1v) is 6.01. The van der Waals surface area contributed by atoms with Crippen molar-refractivity contribution in [3.8, 4) is 6.07 Å². The molecule has 0 saturated carbocycles. The van der Waals surface area contributed by atoms with Crippen molar-refractivity contribution in [1.29, 1.82) is 5.26 Å². The number of nitriles is 1. The molecule has 0 fully saturated rings. The normalized spacial score (nSPS) is 9.67. The van der Waals surface area contributed by atoms with E-state index in [4.69, 9.17) is 16.9 Å². The first kappa shape index (κ1) is 14.3. The number of likely N-dealkylation sites (N-methyl/N-ethyl adjacent to an activating group) is 1. The summed E-state index contributed by atoms with van der Waals surface area (Å²) in [5, 5.41) is 11.7. The van der Waals surface area contributed by atoms with E-state index in [0.29, 0.717) is 17.9 Å². The van der Waals surface area contributed by atoms with Gasteiger partial charge in [-0.15, -0.1) is 0 Å². The largest absolute Gasteiger partial charge is 0.358 e. The summed E-state index contributed by atoms with van der Waals surface area (Å²) in [6.07, 6.45) is 0.868. The van der Waals surface area contributed by atoms with Crippen LogP contribution in [0.15, 0.2) is 12.1 Å². The summed E-state index contributed by atoms with van der Waals surface area (Å²) in [5.41, 5.74) is 0.433. The van der Waals surface area contributed by atoms with Crippen LogP contribution in [-0.2, 0) is 4.79 Å². The molecule has 1 aromatic heterocycles. The molecule has 0 aliphatic carbocycles. The molecule has 18 heavy (non-hydrogen) atoms. The number of carbonyl (C=O) groups is 1. The number of nitrogens with zero attached hydrogens (tertiary/aromatic N) is 3. The SMILES string of the molecule is CCCN(CC(=O)NC)c1cc(C#N)cc(Cl)n1. The molecular weight excluding hydrogens is 252 g/mol. The molecule has 1 heterocycles. The Morgan fingerprint density at radius 1 is 1.61 bits per heavy atom. The van der Waals surface area contributed by atoms with Crippen LogP contribution in [0.1, 0.15) is 18.9 Å². The number of pyridine rings is 1. The maximum atomic E-state index is 11.4. The lowest BCUT2D eigenvalue weighted by atomic mass is 10.2. The second kappa shape index (κ2) is 6.82. The predicted octanol–water partition coefficient (Wildman–Crippen LogP) is 1.57. The van der Waals surface area contributed by atoms with Gasteiger partial charge in [-0.2, -0.15) is 5.26 Å². The van der Waals surface area contributed by atoms with Gasteiger partial charge in [0.15, 0.2) is 0 Å². The van der Waals surface area contributed by atoms with Gasteiger partial charge in [0.25, 0.3) is 0 Å². The Morgan fingerprint density at radius 2 is 2.33 bits per heavy atom. The zero-order valence-corrected chi connectivity index (χ0v) is 11.2. The van der Waals surface area contributed by atoms with Gasteiger partial charge in [0.1, 0.15) is 11.0 Å². The molecule has 0 aromatic carbocycles. The summed E-state index contributed by atoms with van der Waals surface area (Å²) >= 11 is 5.85. The molecule has 0 saturated heterocycles. The molecule has 0 bridgehead atoms. The van der Waals surface area contributed by atoms with E-state index in [1.54, 1.807) is 18.0 Å². The van der Waals surface area contributed by atoms with Crippen molar-refractivity contribution >= 4 is 23.3 Å². The van der Waals surface area contributed by atoms with Crippen LogP contribution in [0.5, 0.6) is 0 Å². The van der Waals surface area contributed by atoms with E-state index in [2.05, 4.69) is 10.3 Å². The summed E-state index contributed by atoms with van der Waals surface area (Å²) in [6, 6.07) is 5.15. The zero-order chi connectivity index (χ0) is 13.5. The third-order valence-electron chi connectivity index (χ3n) is 2.34. The lowest BCUT2D eigenvalue weighted by Gasteiger charge is -2.22. The second-order valence-electron chi connectivity index (χ2n) is 3.74. The fraction of sp³-hybridized carbons (Fsp3) is 0.417. The highest BCUT2D eigenvalue weighted by atomic mass is 35.5. The Kier molecular flexibility index (Phi) is 5.40. The van der Waals surface area contributed by atoms with Crippen molar-refractivity contribution in [2.24, 2.45) is 0 Å². The van der Waals surface area contributed by atoms with Crippen LogP contribution < -0.4 is 10.2 Å². The minimum atomic E-state index is -0.108. The molecule has 1 amide bonds. The number of aromatic nitrogens is 1. The molecule has 1 rings (SSSR count). The number of rotatable bonds is 5. The minimum Gasteiger partial charge on any atom is -0.358 e. The Labute approximate surface area is 111 Å². The van der Waals surface area contributed by atoms with Gasteiger partial charge in [0.2, 0.25) is 5.91 Å². The lowest BCUT2D eigenvalue weighted by Crippen LogP contribution is -2.36. The Hall–Kier alpha value is -1.80. The first-order valence-electron chi connectivity index (χ1n) is 5.64. The topological polar surface area (TPSA) is 69.0 Å². The maximum absolute atomic E-state index is 11.4. The monoisotopic (exact) mass is 266 g/mol. The van der Waals surface area contributed by atoms with E-state index >= 15 is 0 Å². The number of hydrogen-bond donors (Lipinski definition) is 1. The quantitative estimate of drug-likeness (QED) is 0.822. The Morgan fingerprint density at radius 3 is 2.89 bits per heavy atom. The Balaban J connectivity index is 3.01. The van der Waals surface area contributed by atoms with Crippen LogP contribution in [0.3, 0.4) is 0 Å². The van der Waals surface area contributed by atoms with Crippen molar-refractivity contribution in [2.45, 2.75) is 13.3 Å². The van der Waals surface area contributed by atoms with Crippen LogP contribution in [-0.4, -0.2) is 31.0 Å². The second-order valence-corrected chi connectivity index (χ2v) is 4.13. The van der Waals surface area contributed by atoms with Gasteiger partial charge in [0.05, 0.1) is 18.2 Å². The van der Waals surface area contributed by atoms with Crippen molar-refractivity contribution in [3.63, 3.8) is 0 Å². The number of amides is 1. The summed E-state index contributed by atoms with van der Waals surface area (Å²) in [5.74, 6) is 0.438. The first-order chi connectivity index (χ1) is 8.60. The summed E-state index contributed by atoms with van der Waals surface area (Å²) < 4.78 is 0. The van der Waals surface area contributed by atoms with E-state index < -0.39 is 0 Å². The van der Waals surface area contributed by atoms with Gasteiger partial charge in [-0.25, -0.2) is 4.98 Å². The van der Waals surface area contributed by atoms with Gasteiger partial charge >= 0.3 is 0 Å². The fourth-order valence-electron chi connectivity index (χ4n) is 1.51. The van der Waals surface area contributed by atoms with Crippen molar-refractivity contribution in [1.82, 2.24) is 10.3 Å². The number of hydrogen-bond acceptors (Lipinski definition) is 4. The van der Waals surface area contributed by atoms with Gasteiger partial charge in [-0.3, -0.25) is 4.79 Å². The average molecular weight is 267 g/mol. The molecule has 1 aromatic rings. The van der Waals surface area contributed by atoms with E-state index in [1.807, 2.05) is 13.0 Å². The fourth-order valence-corrected chi connectivity index (χ4v) is 1.71. The van der Waals surface area contributed by atoms with E-state index in [0.717, 1.165) is 6.42 Å². The summed E-state index contributed by atoms with van der Waals surface area (Å²) in [4.78, 5) is 17.4. The van der Waals surface area contributed by atoms with Crippen molar-refractivity contribution < 1.29 is 4.79 Å². The summed E-state index contributed by atoms with van der Waals surface area (Å²) in [7, 11) is 1.58. The number of carbonyl (C=O) groups excluding carboxylic acids is 1. The maximum Gasteiger partial charge on any atom is 0.239 e. The average Bonchev–Trinajstić information content (AvgIpc) is 2.37.